The zero-order valence-corrected chi connectivity index (χ0v) is 23.7. The van der Waals surface area contributed by atoms with Gasteiger partial charge in [-0.25, -0.2) is 4.99 Å². The van der Waals surface area contributed by atoms with Crippen LogP contribution in [0, 0.1) is 0 Å². The van der Waals surface area contributed by atoms with Gasteiger partial charge < -0.3 is 14.1 Å². The Morgan fingerprint density at radius 1 is 1.15 bits per heavy atom. The molecule has 0 saturated heterocycles. The minimum atomic E-state index is -0.689. The maximum absolute atomic E-state index is 13.9. The molecular weight excluding hydrogens is 534 g/mol. The molecule has 2 aromatic heterocycles. The number of hydrogen-bond donors (Lipinski definition) is 0. The highest BCUT2D eigenvalue weighted by Crippen LogP contribution is 2.36. The highest BCUT2D eigenvalue weighted by molar-refractivity contribution is 7.07. The summed E-state index contributed by atoms with van der Waals surface area (Å²) in [6.45, 7) is 6.78. The first-order valence-corrected chi connectivity index (χ1v) is 13.9. The Bertz CT molecular complexity index is 1760. The Morgan fingerprint density at radius 2 is 1.92 bits per heavy atom. The lowest BCUT2D eigenvalue weighted by Gasteiger charge is -2.29. The zero-order chi connectivity index (χ0) is 27.7. The van der Waals surface area contributed by atoms with Crippen LogP contribution >= 0.6 is 22.9 Å². The van der Waals surface area contributed by atoms with Gasteiger partial charge >= 0.3 is 0 Å². The summed E-state index contributed by atoms with van der Waals surface area (Å²) in [5.74, 6) is 1.61. The number of amides is 1. The summed E-state index contributed by atoms with van der Waals surface area (Å²) in [6.07, 6.45) is 1.71. The molecule has 0 saturated carbocycles. The molecule has 5 rings (SSSR count). The highest BCUT2D eigenvalue weighted by Gasteiger charge is 2.35. The summed E-state index contributed by atoms with van der Waals surface area (Å²) in [6, 6.07) is 17.8. The van der Waals surface area contributed by atoms with E-state index in [-0.39, 0.29) is 11.5 Å². The number of ether oxygens (including phenoxy) is 1. The standard InChI is InChI=1S/C30H28ClN3O4S/c1-5-33(6-2)29(36)26-18(3)32-30-34(27(26)22-12-7-8-13-24(22)37-4)28(35)25(39-30)17-21-14-15-23(38-21)19-10-9-11-20(31)16-19/h7-17,27H,5-6H2,1-4H3/b25-17+/t27-/m1/s1. The molecule has 0 unspecified atom stereocenters. The lowest BCUT2D eigenvalue weighted by atomic mass is 9.94. The van der Waals surface area contributed by atoms with Crippen LogP contribution < -0.4 is 19.6 Å². The van der Waals surface area contributed by atoms with E-state index >= 15 is 0 Å². The number of rotatable bonds is 7. The van der Waals surface area contributed by atoms with Gasteiger partial charge in [0.15, 0.2) is 4.80 Å². The number of allylic oxidation sites excluding steroid dienone is 1. The van der Waals surface area contributed by atoms with Gasteiger partial charge in [-0.15, -0.1) is 0 Å². The van der Waals surface area contributed by atoms with E-state index in [0.29, 0.717) is 56.0 Å². The second-order valence-corrected chi connectivity index (χ2v) is 10.5. The van der Waals surface area contributed by atoms with Crippen LogP contribution in [0.5, 0.6) is 5.75 Å². The second kappa shape index (κ2) is 11.1. The molecule has 1 aliphatic heterocycles. The van der Waals surface area contributed by atoms with Crippen LogP contribution in [0.1, 0.15) is 38.1 Å². The zero-order valence-electron chi connectivity index (χ0n) is 22.1. The van der Waals surface area contributed by atoms with Crippen molar-refractivity contribution in [2.45, 2.75) is 26.8 Å². The SMILES string of the molecule is CCN(CC)C(=O)C1=C(C)N=c2s/c(=C/c3ccc(-c4cccc(Cl)c4)o3)c(=O)n2[C@@H]1c1ccccc1OC. The van der Waals surface area contributed by atoms with Gasteiger partial charge in [0.25, 0.3) is 11.5 Å². The Labute approximate surface area is 234 Å². The van der Waals surface area contributed by atoms with E-state index < -0.39 is 6.04 Å². The van der Waals surface area contributed by atoms with Crippen LogP contribution in [0.15, 0.2) is 86.1 Å². The molecule has 9 heteroatoms. The number of methoxy groups -OCH3 is 1. The van der Waals surface area contributed by atoms with E-state index in [2.05, 4.69) is 0 Å². The summed E-state index contributed by atoms with van der Waals surface area (Å²) in [5, 5.41) is 0.612. The Hall–Kier alpha value is -3.88. The number of furan rings is 1. The van der Waals surface area contributed by atoms with Crippen molar-refractivity contribution in [1.29, 1.82) is 0 Å². The van der Waals surface area contributed by atoms with Crippen LogP contribution in [0.2, 0.25) is 5.02 Å². The normalized spacial score (nSPS) is 15.2. The maximum Gasteiger partial charge on any atom is 0.271 e. The summed E-state index contributed by atoms with van der Waals surface area (Å²) in [4.78, 5) is 34.7. The molecule has 7 nitrogen and oxygen atoms in total. The molecule has 2 aromatic carbocycles. The lowest BCUT2D eigenvalue weighted by molar-refractivity contribution is -0.127. The van der Waals surface area contributed by atoms with Gasteiger partial charge in [0.2, 0.25) is 0 Å². The number of halogens is 1. The van der Waals surface area contributed by atoms with E-state index in [1.807, 2.05) is 75.4 Å². The fourth-order valence-electron chi connectivity index (χ4n) is 4.82. The molecule has 4 aromatic rings. The van der Waals surface area contributed by atoms with Gasteiger partial charge in [-0.2, -0.15) is 0 Å². The number of likely N-dealkylation sites (N-methyl/N-ethyl adjacent to an activating group) is 1. The van der Waals surface area contributed by atoms with Crippen molar-refractivity contribution in [3.63, 3.8) is 0 Å². The minimum absolute atomic E-state index is 0.149. The number of carbonyl (C=O) groups excluding carboxylic acids is 1. The summed E-state index contributed by atoms with van der Waals surface area (Å²) in [7, 11) is 1.58. The third-order valence-corrected chi connectivity index (χ3v) is 7.96. The van der Waals surface area contributed by atoms with E-state index in [1.165, 1.54) is 11.3 Å². The van der Waals surface area contributed by atoms with Crippen molar-refractivity contribution in [1.82, 2.24) is 9.47 Å². The van der Waals surface area contributed by atoms with Crippen LogP contribution in [-0.4, -0.2) is 35.6 Å². The molecular formula is C30H28ClN3O4S. The van der Waals surface area contributed by atoms with Crippen molar-refractivity contribution in [2.24, 2.45) is 4.99 Å². The molecule has 0 fully saturated rings. The number of hydrogen-bond acceptors (Lipinski definition) is 6. The van der Waals surface area contributed by atoms with Crippen LogP contribution in [0.4, 0.5) is 0 Å². The minimum Gasteiger partial charge on any atom is -0.496 e. The lowest BCUT2D eigenvalue weighted by Crippen LogP contribution is -2.43. The van der Waals surface area contributed by atoms with E-state index in [4.69, 9.17) is 25.7 Å². The van der Waals surface area contributed by atoms with Crippen molar-refractivity contribution in [2.75, 3.05) is 20.2 Å². The summed E-state index contributed by atoms with van der Waals surface area (Å²) < 4.78 is 13.7. The first-order valence-electron chi connectivity index (χ1n) is 12.7. The largest absolute Gasteiger partial charge is 0.496 e. The van der Waals surface area contributed by atoms with Gasteiger partial charge in [-0.3, -0.25) is 14.2 Å². The van der Waals surface area contributed by atoms with Crippen molar-refractivity contribution < 1.29 is 13.9 Å². The molecule has 0 bridgehead atoms. The number of nitrogens with zero attached hydrogens (tertiary/aromatic N) is 3. The molecule has 0 spiro atoms. The van der Waals surface area contributed by atoms with Crippen LogP contribution in [0.3, 0.4) is 0 Å². The smallest absolute Gasteiger partial charge is 0.271 e. The quantitative estimate of drug-likeness (QED) is 0.317. The van der Waals surface area contributed by atoms with Crippen molar-refractivity contribution in [3.8, 4) is 17.1 Å². The molecule has 0 aliphatic carbocycles. The number of thiazole rings is 1. The van der Waals surface area contributed by atoms with Gasteiger partial charge in [-0.05, 0) is 51.1 Å². The third-order valence-electron chi connectivity index (χ3n) is 6.75. The predicted molar refractivity (Wildman–Crippen MR) is 154 cm³/mol. The first-order chi connectivity index (χ1) is 18.9. The Morgan fingerprint density at radius 3 is 2.64 bits per heavy atom. The highest BCUT2D eigenvalue weighted by atomic mass is 35.5. The first kappa shape index (κ1) is 26.7. The Kier molecular flexibility index (Phi) is 7.59. The number of para-hydroxylation sites is 1. The molecule has 1 aliphatic rings. The average Bonchev–Trinajstić information content (AvgIpc) is 3.53. The monoisotopic (exact) mass is 561 g/mol. The molecule has 3 heterocycles. The number of benzene rings is 2. The van der Waals surface area contributed by atoms with Gasteiger partial charge in [0.05, 0.1) is 22.9 Å². The van der Waals surface area contributed by atoms with Crippen LogP contribution in [0.25, 0.3) is 17.4 Å². The topological polar surface area (TPSA) is 77.0 Å². The Balaban J connectivity index is 1.68. The average molecular weight is 562 g/mol. The molecule has 1 amide bonds. The number of aromatic nitrogens is 1. The fourth-order valence-corrected chi connectivity index (χ4v) is 6.04. The van der Waals surface area contributed by atoms with Gasteiger partial charge in [0, 0.05) is 35.3 Å². The van der Waals surface area contributed by atoms with Crippen LogP contribution in [-0.2, 0) is 4.79 Å². The van der Waals surface area contributed by atoms with E-state index in [0.717, 1.165) is 11.1 Å². The second-order valence-electron chi connectivity index (χ2n) is 9.01. The summed E-state index contributed by atoms with van der Waals surface area (Å²) >= 11 is 7.40. The van der Waals surface area contributed by atoms with E-state index in [1.54, 1.807) is 28.7 Å². The maximum atomic E-state index is 13.9. The molecule has 200 valence electrons. The molecule has 1 atom stereocenters. The molecule has 0 N–H and O–H groups in total. The molecule has 0 radical (unpaired) electrons. The summed E-state index contributed by atoms with van der Waals surface area (Å²) in [5.41, 5.74) is 2.35. The van der Waals surface area contributed by atoms with E-state index in [9.17, 15) is 9.59 Å². The number of carbonyl (C=O) groups is 1. The molecule has 39 heavy (non-hydrogen) atoms. The third kappa shape index (κ3) is 4.97. The van der Waals surface area contributed by atoms with Crippen molar-refractivity contribution >= 4 is 34.9 Å². The van der Waals surface area contributed by atoms with Crippen molar-refractivity contribution in [3.05, 3.63) is 108 Å². The van der Waals surface area contributed by atoms with Gasteiger partial charge in [0.1, 0.15) is 23.3 Å². The van der Waals surface area contributed by atoms with Gasteiger partial charge in [-0.1, -0.05) is 53.3 Å². The fraction of sp³-hybridized carbons (Fsp3) is 0.233. The number of fused-ring (bicyclic) bond motifs is 1. The predicted octanol–water partition coefficient (Wildman–Crippen LogP) is 5.03.